The van der Waals surface area contributed by atoms with E-state index in [1.54, 1.807) is 6.92 Å². The molecular formula is C23H32N2O3. The Bertz CT molecular complexity index is 819. The normalized spacial score (nSPS) is 11.0. The first kappa shape index (κ1) is 21.7. The number of aryl methyl sites for hydroxylation is 2. The van der Waals surface area contributed by atoms with Crippen molar-refractivity contribution in [2.45, 2.75) is 61.1 Å². The molecule has 1 aromatic carbocycles. The number of carbonyl (C=O) groups excluding carboxylic acids is 2. The van der Waals surface area contributed by atoms with E-state index in [2.05, 4.69) is 36.2 Å². The fourth-order valence-corrected chi connectivity index (χ4v) is 3.25. The van der Waals surface area contributed by atoms with E-state index in [4.69, 9.17) is 4.74 Å². The van der Waals surface area contributed by atoms with E-state index < -0.39 is 0 Å². The Morgan fingerprint density at radius 1 is 1.07 bits per heavy atom. The quantitative estimate of drug-likeness (QED) is 0.672. The first-order valence-corrected chi connectivity index (χ1v) is 9.91. The monoisotopic (exact) mass is 384 g/mol. The molecule has 1 N–H and O–H groups in total. The van der Waals surface area contributed by atoms with Gasteiger partial charge >= 0.3 is 5.97 Å². The van der Waals surface area contributed by atoms with E-state index in [0.717, 1.165) is 22.4 Å². The van der Waals surface area contributed by atoms with Crippen molar-refractivity contribution < 1.29 is 14.3 Å². The molecule has 0 aliphatic carbocycles. The number of rotatable bonds is 8. The number of aromatic amines is 1. The van der Waals surface area contributed by atoms with Crippen LogP contribution in [0.25, 0.3) is 0 Å². The van der Waals surface area contributed by atoms with Crippen LogP contribution in [0.5, 0.6) is 0 Å². The summed E-state index contributed by atoms with van der Waals surface area (Å²) in [5.41, 5.74) is 5.49. The third kappa shape index (κ3) is 5.47. The number of hydrogen-bond donors (Lipinski definition) is 1. The lowest BCUT2D eigenvalue weighted by Gasteiger charge is -2.24. The van der Waals surface area contributed by atoms with Crippen LogP contribution in [0.2, 0.25) is 0 Å². The molecule has 152 valence electrons. The Balaban J connectivity index is 2.30. The molecule has 1 heterocycles. The fourth-order valence-electron chi connectivity index (χ4n) is 3.25. The number of H-pyrrole nitrogens is 1. The Labute approximate surface area is 168 Å². The number of esters is 1. The second-order valence-corrected chi connectivity index (χ2v) is 7.78. The Kier molecular flexibility index (Phi) is 7.44. The largest absolute Gasteiger partial charge is 0.461 e. The molecule has 0 fully saturated rings. The fraction of sp³-hybridized carbons (Fsp3) is 0.478. The summed E-state index contributed by atoms with van der Waals surface area (Å²) in [5.74, 6) is 0.0535. The summed E-state index contributed by atoms with van der Waals surface area (Å²) in [4.78, 5) is 30.1. The van der Waals surface area contributed by atoms with E-state index in [1.165, 1.54) is 5.56 Å². The maximum atomic E-state index is 12.9. The highest BCUT2D eigenvalue weighted by Crippen LogP contribution is 2.23. The van der Waals surface area contributed by atoms with Crippen LogP contribution in [-0.2, 0) is 22.6 Å². The summed E-state index contributed by atoms with van der Waals surface area (Å²) < 4.78 is 5.14. The van der Waals surface area contributed by atoms with Crippen molar-refractivity contribution in [2.75, 3.05) is 6.61 Å². The number of hydrogen-bond acceptors (Lipinski definition) is 3. The van der Waals surface area contributed by atoms with E-state index in [9.17, 15) is 9.59 Å². The van der Waals surface area contributed by atoms with Crippen molar-refractivity contribution >= 4 is 11.9 Å². The molecule has 0 radical (unpaired) electrons. The molecule has 2 aromatic rings. The number of nitrogens with one attached hydrogen (secondary N) is 1. The summed E-state index contributed by atoms with van der Waals surface area (Å²) in [6.07, 6.45) is 0.499. The van der Waals surface area contributed by atoms with Gasteiger partial charge in [-0.05, 0) is 50.3 Å². The molecule has 0 bridgehead atoms. The standard InChI is InChI=1S/C23H32N2O3/c1-7-28-23(27)22-17(5)20(18(6)24-22)14-25(21(26)12-15(2)3)13-19-10-8-16(4)9-11-19/h8-11,15,24H,7,12-14H2,1-6H3. The number of ether oxygens (including phenoxy) is 1. The summed E-state index contributed by atoms with van der Waals surface area (Å²) in [5, 5.41) is 0. The van der Waals surface area contributed by atoms with Crippen LogP contribution in [0.3, 0.4) is 0 Å². The topological polar surface area (TPSA) is 62.4 Å². The van der Waals surface area contributed by atoms with Gasteiger partial charge < -0.3 is 14.6 Å². The molecule has 28 heavy (non-hydrogen) atoms. The van der Waals surface area contributed by atoms with Gasteiger partial charge in [0.25, 0.3) is 0 Å². The zero-order chi connectivity index (χ0) is 20.8. The summed E-state index contributed by atoms with van der Waals surface area (Å²) in [7, 11) is 0. The van der Waals surface area contributed by atoms with E-state index in [0.29, 0.717) is 31.8 Å². The van der Waals surface area contributed by atoms with Gasteiger partial charge in [0, 0.05) is 25.2 Å². The van der Waals surface area contributed by atoms with Crippen LogP contribution in [0.1, 0.15) is 65.6 Å². The SMILES string of the molecule is CCOC(=O)c1[nH]c(C)c(CN(Cc2ccc(C)cc2)C(=O)CC(C)C)c1C. The molecule has 0 aliphatic rings. The van der Waals surface area contributed by atoms with Crippen LogP contribution in [-0.4, -0.2) is 28.4 Å². The molecule has 0 atom stereocenters. The molecular weight excluding hydrogens is 352 g/mol. The first-order chi connectivity index (χ1) is 13.2. The maximum absolute atomic E-state index is 12.9. The van der Waals surface area contributed by atoms with Crippen molar-refractivity contribution in [2.24, 2.45) is 5.92 Å². The minimum absolute atomic E-state index is 0.119. The van der Waals surface area contributed by atoms with Gasteiger partial charge in [-0.3, -0.25) is 4.79 Å². The average molecular weight is 385 g/mol. The lowest BCUT2D eigenvalue weighted by atomic mass is 10.1. The molecule has 5 nitrogen and oxygen atoms in total. The van der Waals surface area contributed by atoms with Crippen LogP contribution in [0.4, 0.5) is 0 Å². The van der Waals surface area contributed by atoms with Crippen molar-refractivity contribution in [1.82, 2.24) is 9.88 Å². The Morgan fingerprint density at radius 2 is 1.71 bits per heavy atom. The van der Waals surface area contributed by atoms with Gasteiger partial charge in [0.2, 0.25) is 5.91 Å². The number of amides is 1. The van der Waals surface area contributed by atoms with Crippen molar-refractivity contribution in [3.63, 3.8) is 0 Å². The molecule has 0 aliphatic heterocycles. The molecule has 0 saturated heterocycles. The van der Waals surface area contributed by atoms with Crippen LogP contribution < -0.4 is 0 Å². The average Bonchev–Trinajstić information content (AvgIpc) is 2.90. The van der Waals surface area contributed by atoms with Crippen molar-refractivity contribution in [3.05, 3.63) is 57.9 Å². The van der Waals surface area contributed by atoms with Crippen molar-refractivity contribution in [1.29, 1.82) is 0 Å². The number of carbonyl (C=O) groups is 2. The zero-order valence-corrected chi connectivity index (χ0v) is 17.9. The van der Waals surface area contributed by atoms with E-state index in [1.807, 2.05) is 32.6 Å². The second kappa shape index (κ2) is 9.58. The predicted octanol–water partition coefficient (Wildman–Crippen LogP) is 4.69. The highest BCUT2D eigenvalue weighted by Gasteiger charge is 2.22. The lowest BCUT2D eigenvalue weighted by Crippen LogP contribution is -2.31. The van der Waals surface area contributed by atoms with Gasteiger partial charge in [0.05, 0.1) is 6.61 Å². The van der Waals surface area contributed by atoms with Gasteiger partial charge in [0.15, 0.2) is 0 Å². The Hall–Kier alpha value is -2.56. The van der Waals surface area contributed by atoms with Gasteiger partial charge in [0.1, 0.15) is 5.69 Å². The van der Waals surface area contributed by atoms with Gasteiger partial charge in [-0.1, -0.05) is 43.7 Å². The van der Waals surface area contributed by atoms with Crippen molar-refractivity contribution in [3.8, 4) is 0 Å². The number of nitrogens with zero attached hydrogens (tertiary/aromatic N) is 1. The molecule has 5 heteroatoms. The highest BCUT2D eigenvalue weighted by molar-refractivity contribution is 5.90. The molecule has 0 spiro atoms. The summed E-state index contributed by atoms with van der Waals surface area (Å²) >= 11 is 0. The second-order valence-electron chi connectivity index (χ2n) is 7.78. The van der Waals surface area contributed by atoms with Crippen LogP contribution in [0.15, 0.2) is 24.3 Å². The van der Waals surface area contributed by atoms with Gasteiger partial charge in [-0.15, -0.1) is 0 Å². The van der Waals surface area contributed by atoms with E-state index >= 15 is 0 Å². The smallest absolute Gasteiger partial charge is 0.355 e. The molecule has 1 aromatic heterocycles. The summed E-state index contributed by atoms with van der Waals surface area (Å²) in [6.45, 7) is 13.1. The number of aromatic nitrogens is 1. The van der Waals surface area contributed by atoms with Gasteiger partial charge in [-0.25, -0.2) is 4.79 Å². The molecule has 0 unspecified atom stereocenters. The minimum atomic E-state index is -0.354. The predicted molar refractivity (Wildman–Crippen MR) is 111 cm³/mol. The van der Waals surface area contributed by atoms with E-state index in [-0.39, 0.29) is 17.8 Å². The minimum Gasteiger partial charge on any atom is -0.461 e. The third-order valence-electron chi connectivity index (χ3n) is 4.85. The third-order valence-corrected chi connectivity index (χ3v) is 4.85. The molecule has 1 amide bonds. The summed E-state index contributed by atoms with van der Waals surface area (Å²) in [6, 6.07) is 8.25. The zero-order valence-electron chi connectivity index (χ0n) is 17.9. The lowest BCUT2D eigenvalue weighted by molar-refractivity contribution is -0.133. The number of benzene rings is 1. The van der Waals surface area contributed by atoms with Crippen LogP contribution >= 0.6 is 0 Å². The van der Waals surface area contributed by atoms with Gasteiger partial charge in [-0.2, -0.15) is 0 Å². The molecule has 0 saturated carbocycles. The van der Waals surface area contributed by atoms with Crippen LogP contribution in [0, 0.1) is 26.7 Å². The maximum Gasteiger partial charge on any atom is 0.355 e. The molecule has 2 rings (SSSR count). The first-order valence-electron chi connectivity index (χ1n) is 9.91. The Morgan fingerprint density at radius 3 is 2.29 bits per heavy atom. The highest BCUT2D eigenvalue weighted by atomic mass is 16.5.